The molecule has 2 rings (SSSR count). The summed E-state index contributed by atoms with van der Waals surface area (Å²) >= 11 is 5.95. The van der Waals surface area contributed by atoms with Crippen LogP contribution in [-0.4, -0.2) is 4.98 Å². The van der Waals surface area contributed by atoms with Gasteiger partial charge in [0.15, 0.2) is 0 Å². The van der Waals surface area contributed by atoms with Crippen molar-refractivity contribution in [1.82, 2.24) is 10.3 Å². The number of hydrogen-bond acceptors (Lipinski definition) is 2. The van der Waals surface area contributed by atoms with Crippen molar-refractivity contribution in [2.24, 2.45) is 0 Å². The first-order valence-electron chi connectivity index (χ1n) is 6.28. The number of benzene rings is 1. The quantitative estimate of drug-likeness (QED) is 0.890. The lowest BCUT2D eigenvalue weighted by molar-refractivity contribution is 0.504. The van der Waals surface area contributed by atoms with Gasteiger partial charge in [0.25, 0.3) is 0 Å². The van der Waals surface area contributed by atoms with Gasteiger partial charge in [0.2, 0.25) is 0 Å². The van der Waals surface area contributed by atoms with Crippen LogP contribution in [0.4, 0.5) is 4.39 Å². The van der Waals surface area contributed by atoms with Gasteiger partial charge in [-0.1, -0.05) is 30.7 Å². The fourth-order valence-electron chi connectivity index (χ4n) is 1.94. The fraction of sp³-hybridized carbons (Fsp3) is 0.267. The Morgan fingerprint density at radius 3 is 2.79 bits per heavy atom. The van der Waals surface area contributed by atoms with E-state index in [-0.39, 0.29) is 11.9 Å². The summed E-state index contributed by atoms with van der Waals surface area (Å²) in [6, 6.07) is 11.0. The maximum atomic E-state index is 12.9. The normalized spacial score (nSPS) is 12.4. The number of hydrogen-bond donors (Lipinski definition) is 1. The highest BCUT2D eigenvalue weighted by atomic mass is 35.5. The van der Waals surface area contributed by atoms with E-state index in [0.717, 1.165) is 22.7 Å². The maximum absolute atomic E-state index is 12.9. The molecule has 4 heteroatoms. The molecular formula is C15H16ClFN2. The zero-order valence-corrected chi connectivity index (χ0v) is 11.5. The van der Waals surface area contributed by atoms with Gasteiger partial charge < -0.3 is 5.32 Å². The second-order valence-corrected chi connectivity index (χ2v) is 4.81. The molecule has 1 unspecified atom stereocenters. The van der Waals surface area contributed by atoms with E-state index in [2.05, 4.69) is 17.2 Å². The van der Waals surface area contributed by atoms with E-state index in [9.17, 15) is 4.39 Å². The first-order chi connectivity index (χ1) is 9.19. The van der Waals surface area contributed by atoms with Crippen molar-refractivity contribution in [2.75, 3.05) is 0 Å². The summed E-state index contributed by atoms with van der Waals surface area (Å²) in [7, 11) is 0. The van der Waals surface area contributed by atoms with Gasteiger partial charge in [0.05, 0.1) is 11.9 Å². The molecule has 1 heterocycles. The van der Waals surface area contributed by atoms with Crippen molar-refractivity contribution in [3.63, 3.8) is 0 Å². The number of rotatable bonds is 5. The van der Waals surface area contributed by atoms with Crippen LogP contribution in [0.1, 0.15) is 30.6 Å². The summed E-state index contributed by atoms with van der Waals surface area (Å²) in [6.45, 7) is 2.78. The van der Waals surface area contributed by atoms with E-state index < -0.39 is 0 Å². The second kappa shape index (κ2) is 6.64. The Morgan fingerprint density at radius 1 is 1.32 bits per heavy atom. The molecule has 0 aliphatic carbocycles. The van der Waals surface area contributed by atoms with Crippen molar-refractivity contribution in [1.29, 1.82) is 0 Å². The van der Waals surface area contributed by atoms with Gasteiger partial charge in [-0.15, -0.1) is 0 Å². The van der Waals surface area contributed by atoms with Crippen LogP contribution in [0, 0.1) is 5.82 Å². The lowest BCUT2D eigenvalue weighted by Crippen LogP contribution is -2.21. The topological polar surface area (TPSA) is 24.9 Å². The first-order valence-corrected chi connectivity index (χ1v) is 6.66. The van der Waals surface area contributed by atoms with Crippen LogP contribution in [-0.2, 0) is 6.54 Å². The summed E-state index contributed by atoms with van der Waals surface area (Å²) in [6.07, 6.45) is 2.14. The summed E-state index contributed by atoms with van der Waals surface area (Å²) in [5.74, 6) is -0.312. The number of nitrogens with zero attached hydrogens (tertiary/aromatic N) is 1. The van der Waals surface area contributed by atoms with Crippen molar-refractivity contribution < 1.29 is 4.39 Å². The van der Waals surface area contributed by atoms with Crippen molar-refractivity contribution in [3.05, 3.63) is 64.7 Å². The molecule has 0 spiro atoms. The Balaban J connectivity index is 2.01. The molecule has 2 nitrogen and oxygen atoms in total. The lowest BCUT2D eigenvalue weighted by atomic mass is 10.1. The Morgan fingerprint density at radius 2 is 2.16 bits per heavy atom. The Bertz CT molecular complexity index is 528. The molecule has 100 valence electrons. The highest BCUT2D eigenvalue weighted by molar-refractivity contribution is 6.30. The maximum Gasteiger partial charge on any atom is 0.141 e. The molecule has 19 heavy (non-hydrogen) atoms. The third kappa shape index (κ3) is 4.01. The smallest absolute Gasteiger partial charge is 0.141 e. The largest absolute Gasteiger partial charge is 0.305 e. The fourth-order valence-corrected chi connectivity index (χ4v) is 2.15. The minimum atomic E-state index is -0.312. The molecule has 2 aromatic rings. The first kappa shape index (κ1) is 14.0. The molecule has 0 fully saturated rings. The van der Waals surface area contributed by atoms with Crippen molar-refractivity contribution in [3.8, 4) is 0 Å². The summed E-state index contributed by atoms with van der Waals surface area (Å²) in [4.78, 5) is 4.12. The highest BCUT2D eigenvalue weighted by Gasteiger charge is 2.10. The summed E-state index contributed by atoms with van der Waals surface area (Å²) in [5, 5.41) is 4.13. The third-order valence-electron chi connectivity index (χ3n) is 2.96. The number of nitrogens with one attached hydrogen (secondary N) is 1. The molecule has 0 saturated heterocycles. The van der Waals surface area contributed by atoms with Crippen LogP contribution in [0.15, 0.2) is 42.6 Å². The standard InChI is InChI=1S/C15H16ClFN2/c1-2-14(15-7-6-13(17)10-19-15)18-9-11-4-3-5-12(16)8-11/h3-8,10,14,18H,2,9H2,1H3. The predicted molar refractivity (Wildman–Crippen MR) is 75.5 cm³/mol. The lowest BCUT2D eigenvalue weighted by Gasteiger charge is -2.16. The Labute approximate surface area is 117 Å². The average Bonchev–Trinajstić information content (AvgIpc) is 2.41. The van der Waals surface area contributed by atoms with Crippen LogP contribution in [0.25, 0.3) is 0 Å². The van der Waals surface area contributed by atoms with Crippen LogP contribution >= 0.6 is 11.6 Å². The summed E-state index contributed by atoms with van der Waals surface area (Å²) < 4.78 is 12.9. The van der Waals surface area contributed by atoms with Crippen LogP contribution in [0.3, 0.4) is 0 Å². The minimum absolute atomic E-state index is 0.111. The van der Waals surface area contributed by atoms with E-state index in [1.165, 1.54) is 12.3 Å². The molecule has 0 aliphatic heterocycles. The molecule has 0 saturated carbocycles. The average molecular weight is 279 g/mol. The minimum Gasteiger partial charge on any atom is -0.305 e. The van der Waals surface area contributed by atoms with Crippen molar-refractivity contribution in [2.45, 2.75) is 25.9 Å². The second-order valence-electron chi connectivity index (χ2n) is 4.37. The zero-order chi connectivity index (χ0) is 13.7. The number of aromatic nitrogens is 1. The van der Waals surface area contributed by atoms with Crippen LogP contribution in [0.5, 0.6) is 0 Å². The molecule has 0 bridgehead atoms. The molecule has 1 aromatic carbocycles. The molecule has 0 radical (unpaired) electrons. The van der Waals surface area contributed by atoms with Gasteiger partial charge in [0.1, 0.15) is 5.82 Å². The molecule has 1 atom stereocenters. The zero-order valence-electron chi connectivity index (χ0n) is 10.7. The number of pyridine rings is 1. The SMILES string of the molecule is CCC(NCc1cccc(Cl)c1)c1ccc(F)cn1. The van der Waals surface area contributed by atoms with Gasteiger partial charge in [-0.05, 0) is 36.2 Å². The third-order valence-corrected chi connectivity index (χ3v) is 3.19. The molecular weight excluding hydrogens is 263 g/mol. The molecule has 0 aliphatic rings. The predicted octanol–water partition coefficient (Wildman–Crippen LogP) is 4.12. The van der Waals surface area contributed by atoms with E-state index >= 15 is 0 Å². The Kier molecular flexibility index (Phi) is 4.88. The van der Waals surface area contributed by atoms with E-state index in [1.807, 2.05) is 24.3 Å². The monoisotopic (exact) mass is 278 g/mol. The van der Waals surface area contributed by atoms with Gasteiger partial charge in [-0.2, -0.15) is 0 Å². The summed E-state index contributed by atoms with van der Waals surface area (Å²) in [5.41, 5.74) is 1.97. The van der Waals surface area contributed by atoms with E-state index in [4.69, 9.17) is 11.6 Å². The van der Waals surface area contributed by atoms with Gasteiger partial charge in [-0.25, -0.2) is 4.39 Å². The van der Waals surface area contributed by atoms with Gasteiger partial charge in [-0.3, -0.25) is 4.98 Å². The van der Waals surface area contributed by atoms with Gasteiger partial charge in [0, 0.05) is 17.6 Å². The molecule has 0 amide bonds. The van der Waals surface area contributed by atoms with Crippen LogP contribution in [0.2, 0.25) is 5.02 Å². The van der Waals surface area contributed by atoms with Gasteiger partial charge >= 0.3 is 0 Å². The van der Waals surface area contributed by atoms with E-state index in [1.54, 1.807) is 6.07 Å². The van der Waals surface area contributed by atoms with Crippen LogP contribution < -0.4 is 5.32 Å². The van der Waals surface area contributed by atoms with Crippen molar-refractivity contribution >= 4 is 11.6 Å². The van der Waals surface area contributed by atoms with E-state index in [0.29, 0.717) is 6.54 Å². The molecule has 1 N–H and O–H groups in total. The number of halogens is 2. The highest BCUT2D eigenvalue weighted by Crippen LogP contribution is 2.16. The molecule has 1 aromatic heterocycles. The Hall–Kier alpha value is -1.45.